The lowest BCUT2D eigenvalue weighted by Crippen LogP contribution is -2.27. The summed E-state index contributed by atoms with van der Waals surface area (Å²) in [6, 6.07) is 19.6. The summed E-state index contributed by atoms with van der Waals surface area (Å²) in [7, 11) is -0.969. The first kappa shape index (κ1) is 22.6. The summed E-state index contributed by atoms with van der Waals surface area (Å²) in [6.45, 7) is 0. The summed E-state index contributed by atoms with van der Waals surface area (Å²) in [5.74, 6) is 0.0897. The average Bonchev–Trinajstić information content (AvgIpc) is 2.83. The molecule has 0 aliphatic heterocycles. The third-order valence-electron chi connectivity index (χ3n) is 5.14. The molecule has 0 aliphatic rings. The minimum atomic E-state index is -3.94. The number of fused-ring (bicyclic) bond motifs is 1. The number of halogens is 1. The van der Waals surface area contributed by atoms with Crippen LogP contribution in [-0.4, -0.2) is 33.5 Å². The molecule has 3 aromatic carbocycles. The third kappa shape index (κ3) is 4.62. The predicted octanol–water partition coefficient (Wildman–Crippen LogP) is 4.97. The van der Waals surface area contributed by atoms with Gasteiger partial charge in [0.25, 0.3) is 15.9 Å². The fourth-order valence-electron chi connectivity index (χ4n) is 3.28. The molecule has 4 aromatic rings. The summed E-state index contributed by atoms with van der Waals surface area (Å²) >= 11 is 6.24. The number of sulfonamides is 1. The van der Waals surface area contributed by atoms with E-state index in [1.165, 1.54) is 32.4 Å². The number of hydrogen-bond donors (Lipinski definition) is 1. The van der Waals surface area contributed by atoms with Crippen LogP contribution < -0.4 is 14.4 Å². The van der Waals surface area contributed by atoms with Crippen molar-refractivity contribution in [3.8, 4) is 5.75 Å². The maximum atomic E-state index is 13.2. The number of rotatable bonds is 6. The quantitative estimate of drug-likeness (QED) is 0.420. The molecule has 0 aliphatic carbocycles. The van der Waals surface area contributed by atoms with Gasteiger partial charge < -0.3 is 10.1 Å². The number of pyridine rings is 1. The van der Waals surface area contributed by atoms with E-state index in [0.29, 0.717) is 17.1 Å². The van der Waals surface area contributed by atoms with Gasteiger partial charge in [-0.15, -0.1) is 0 Å². The second-order valence-electron chi connectivity index (χ2n) is 7.18. The minimum Gasteiger partial charge on any atom is -0.497 e. The Balaban J connectivity index is 1.62. The Bertz CT molecular complexity index is 1440. The van der Waals surface area contributed by atoms with Gasteiger partial charge in [0, 0.05) is 24.3 Å². The predicted molar refractivity (Wildman–Crippen MR) is 130 cm³/mol. The number of nitrogens with one attached hydrogen (secondary N) is 1. The van der Waals surface area contributed by atoms with Crippen LogP contribution in [0.1, 0.15) is 10.4 Å². The summed E-state index contributed by atoms with van der Waals surface area (Å²) in [6.07, 6.45) is 1.69. The Labute approximate surface area is 196 Å². The molecular formula is C24H20ClN3O4S. The van der Waals surface area contributed by atoms with Gasteiger partial charge in [0.05, 0.1) is 33.8 Å². The SMILES string of the molecule is COc1ccc(N(C)S(=O)(=O)c2ccc(Cl)c(C(=O)Nc3ccc4ncccc4c3)c2)cc1. The highest BCUT2D eigenvalue weighted by Gasteiger charge is 2.24. The van der Waals surface area contributed by atoms with Crippen molar-refractivity contribution in [2.45, 2.75) is 4.90 Å². The number of methoxy groups -OCH3 is 1. The van der Waals surface area contributed by atoms with Crippen molar-refractivity contribution in [1.82, 2.24) is 4.98 Å². The molecule has 33 heavy (non-hydrogen) atoms. The van der Waals surface area contributed by atoms with Crippen LogP contribution in [0.3, 0.4) is 0 Å². The van der Waals surface area contributed by atoms with Crippen molar-refractivity contribution in [3.05, 3.63) is 89.6 Å². The smallest absolute Gasteiger partial charge is 0.264 e. The number of carbonyl (C=O) groups excluding carboxylic acids is 1. The van der Waals surface area contributed by atoms with Crippen LogP contribution in [0.2, 0.25) is 5.02 Å². The molecule has 0 bridgehead atoms. The average molecular weight is 482 g/mol. The molecule has 0 spiro atoms. The van der Waals surface area contributed by atoms with Gasteiger partial charge in [-0.25, -0.2) is 8.42 Å². The van der Waals surface area contributed by atoms with Crippen LogP contribution in [0.4, 0.5) is 11.4 Å². The molecule has 0 unspecified atom stereocenters. The summed E-state index contributed by atoms with van der Waals surface area (Å²) in [5.41, 5.74) is 1.83. The van der Waals surface area contributed by atoms with Crippen molar-refractivity contribution < 1.29 is 17.9 Å². The van der Waals surface area contributed by atoms with E-state index in [0.717, 1.165) is 15.2 Å². The van der Waals surface area contributed by atoms with Gasteiger partial charge in [-0.3, -0.25) is 14.1 Å². The number of carbonyl (C=O) groups is 1. The molecule has 1 aromatic heterocycles. The molecule has 7 nitrogen and oxygen atoms in total. The monoisotopic (exact) mass is 481 g/mol. The Kier molecular flexibility index (Phi) is 6.22. The van der Waals surface area contributed by atoms with E-state index in [9.17, 15) is 13.2 Å². The van der Waals surface area contributed by atoms with Gasteiger partial charge >= 0.3 is 0 Å². The molecular weight excluding hydrogens is 462 g/mol. The zero-order chi connectivity index (χ0) is 23.6. The fourth-order valence-corrected chi connectivity index (χ4v) is 4.71. The number of hydrogen-bond acceptors (Lipinski definition) is 5. The van der Waals surface area contributed by atoms with Crippen LogP contribution in [0.15, 0.2) is 83.9 Å². The van der Waals surface area contributed by atoms with Crippen LogP contribution >= 0.6 is 11.6 Å². The molecule has 0 saturated heterocycles. The van der Waals surface area contributed by atoms with Gasteiger partial charge in [-0.1, -0.05) is 17.7 Å². The van der Waals surface area contributed by atoms with Gasteiger partial charge in [0.2, 0.25) is 0 Å². The van der Waals surface area contributed by atoms with Crippen molar-refractivity contribution >= 4 is 49.8 Å². The van der Waals surface area contributed by atoms with E-state index in [2.05, 4.69) is 10.3 Å². The van der Waals surface area contributed by atoms with Crippen molar-refractivity contribution in [3.63, 3.8) is 0 Å². The Morgan fingerprint density at radius 3 is 2.52 bits per heavy atom. The van der Waals surface area contributed by atoms with E-state index in [-0.39, 0.29) is 15.5 Å². The topological polar surface area (TPSA) is 88.6 Å². The van der Waals surface area contributed by atoms with Crippen LogP contribution in [0.5, 0.6) is 5.75 Å². The number of anilines is 2. The maximum Gasteiger partial charge on any atom is 0.264 e. The van der Waals surface area contributed by atoms with Crippen LogP contribution in [0, 0.1) is 0 Å². The van der Waals surface area contributed by atoms with E-state index < -0.39 is 15.9 Å². The van der Waals surface area contributed by atoms with Crippen molar-refractivity contribution in [1.29, 1.82) is 0 Å². The summed E-state index contributed by atoms with van der Waals surface area (Å²) < 4.78 is 32.6. The highest BCUT2D eigenvalue weighted by atomic mass is 35.5. The summed E-state index contributed by atoms with van der Waals surface area (Å²) in [5, 5.41) is 3.77. The highest BCUT2D eigenvalue weighted by molar-refractivity contribution is 7.92. The zero-order valence-electron chi connectivity index (χ0n) is 17.8. The van der Waals surface area contributed by atoms with Crippen molar-refractivity contribution in [2.24, 2.45) is 0 Å². The van der Waals surface area contributed by atoms with Crippen molar-refractivity contribution in [2.75, 3.05) is 23.8 Å². The second-order valence-corrected chi connectivity index (χ2v) is 9.55. The zero-order valence-corrected chi connectivity index (χ0v) is 19.4. The number of nitrogens with zero attached hydrogens (tertiary/aromatic N) is 2. The standard InChI is InChI=1S/C24H20ClN3O4S/c1-28(18-6-8-19(32-2)9-7-18)33(30,31)20-10-11-22(25)21(15-20)24(29)27-17-5-12-23-16(14-17)4-3-13-26-23/h3-15H,1-2H3,(H,27,29). The van der Waals surface area contributed by atoms with Crippen LogP contribution in [-0.2, 0) is 10.0 Å². The Hall–Kier alpha value is -3.62. The first-order valence-electron chi connectivity index (χ1n) is 9.88. The van der Waals surface area contributed by atoms with E-state index in [1.807, 2.05) is 6.07 Å². The van der Waals surface area contributed by atoms with Gasteiger partial charge in [-0.2, -0.15) is 0 Å². The largest absolute Gasteiger partial charge is 0.497 e. The summed E-state index contributed by atoms with van der Waals surface area (Å²) in [4.78, 5) is 17.1. The molecule has 4 rings (SSSR count). The Morgan fingerprint density at radius 1 is 1.03 bits per heavy atom. The molecule has 1 amide bonds. The molecule has 0 atom stereocenters. The lowest BCUT2D eigenvalue weighted by Gasteiger charge is -2.20. The number of ether oxygens (including phenoxy) is 1. The molecule has 1 heterocycles. The fraction of sp³-hybridized carbons (Fsp3) is 0.0833. The Morgan fingerprint density at radius 2 is 1.79 bits per heavy atom. The molecule has 0 saturated carbocycles. The lowest BCUT2D eigenvalue weighted by molar-refractivity contribution is 0.102. The first-order valence-corrected chi connectivity index (χ1v) is 11.7. The van der Waals surface area contributed by atoms with E-state index >= 15 is 0 Å². The third-order valence-corrected chi connectivity index (χ3v) is 7.25. The van der Waals surface area contributed by atoms with Gasteiger partial charge in [-0.05, 0) is 66.7 Å². The second kappa shape index (κ2) is 9.09. The molecule has 9 heteroatoms. The molecule has 0 radical (unpaired) electrons. The van der Waals surface area contributed by atoms with Gasteiger partial charge in [0.1, 0.15) is 5.75 Å². The molecule has 1 N–H and O–H groups in total. The normalized spacial score (nSPS) is 11.2. The molecule has 168 valence electrons. The first-order chi connectivity index (χ1) is 15.8. The number of benzene rings is 3. The lowest BCUT2D eigenvalue weighted by atomic mass is 10.1. The minimum absolute atomic E-state index is 0.0483. The number of amides is 1. The molecule has 0 fully saturated rings. The highest BCUT2D eigenvalue weighted by Crippen LogP contribution is 2.28. The number of aromatic nitrogens is 1. The van der Waals surface area contributed by atoms with Gasteiger partial charge in [0.15, 0.2) is 0 Å². The van der Waals surface area contributed by atoms with E-state index in [4.69, 9.17) is 16.3 Å². The maximum absolute atomic E-state index is 13.2. The van der Waals surface area contributed by atoms with Crippen LogP contribution in [0.25, 0.3) is 10.9 Å². The van der Waals surface area contributed by atoms with E-state index in [1.54, 1.807) is 54.7 Å².